The monoisotopic (exact) mass is 448 g/mol. The molecule has 2 bridgehead atoms. The Bertz CT molecular complexity index is 878. The maximum absolute atomic E-state index is 14.2. The van der Waals surface area contributed by atoms with Crippen LogP contribution in [0.25, 0.3) is 0 Å². The minimum atomic E-state index is -1.80. The van der Waals surface area contributed by atoms with E-state index in [2.05, 4.69) is 13.2 Å². The van der Waals surface area contributed by atoms with Crippen LogP contribution in [0, 0.1) is 17.3 Å². The Labute approximate surface area is 188 Å². The fraction of sp³-hybridized carbons (Fsp3) is 0.583. The molecule has 0 unspecified atom stereocenters. The molecule has 0 heterocycles. The second-order valence-electron chi connectivity index (χ2n) is 8.16. The van der Waals surface area contributed by atoms with E-state index in [-0.39, 0.29) is 12.2 Å². The molecule has 4 rings (SSSR count). The zero-order valence-corrected chi connectivity index (χ0v) is 19.6. The summed E-state index contributed by atoms with van der Waals surface area (Å²) in [5.74, 6) is -5.98. The predicted molar refractivity (Wildman–Crippen MR) is 115 cm³/mol. The lowest BCUT2D eigenvalue weighted by Gasteiger charge is -2.67. The van der Waals surface area contributed by atoms with Gasteiger partial charge in [0.2, 0.25) is 17.4 Å². The number of Topliss-reactive ketones (excluding diaryl/α,β-unsaturated/α-hetero) is 2. The predicted octanol–water partition coefficient (Wildman–Crippen LogP) is 2.36. The van der Waals surface area contributed by atoms with Gasteiger partial charge in [0.1, 0.15) is 0 Å². The zero-order valence-electron chi connectivity index (χ0n) is 19.6. The molecule has 1 saturated carbocycles. The molecule has 1 fully saturated rings. The summed E-state index contributed by atoms with van der Waals surface area (Å²) < 4.78 is 34.8. The highest BCUT2D eigenvalue weighted by molar-refractivity contribution is 6.05. The van der Waals surface area contributed by atoms with Gasteiger partial charge in [0.15, 0.2) is 11.4 Å². The molecule has 4 atom stereocenters. The van der Waals surface area contributed by atoms with Gasteiger partial charge >= 0.3 is 0 Å². The maximum Gasteiger partial charge on any atom is 0.256 e. The standard InChI is InChI=1S/C24H32O8/c1-9-11-15-13-22(28-4)20(26)23(29-5,30-6)17(15)18-21(22,12-10-2)14-16(27-3)19(25)24(18,31-7)32-8/h9-10,13-14,17-18H,1-2,11-12H2,3-8H3/t17-,18+,21-,22-/m0/s1. The van der Waals surface area contributed by atoms with E-state index in [1.54, 1.807) is 24.3 Å². The molecule has 0 aromatic heterocycles. The van der Waals surface area contributed by atoms with Gasteiger partial charge in [-0.25, -0.2) is 0 Å². The fourth-order valence-corrected chi connectivity index (χ4v) is 6.20. The molecule has 0 aromatic carbocycles. The Morgan fingerprint density at radius 2 is 1.47 bits per heavy atom. The largest absolute Gasteiger partial charge is 0.493 e. The van der Waals surface area contributed by atoms with Gasteiger partial charge < -0.3 is 28.4 Å². The highest BCUT2D eigenvalue weighted by atomic mass is 16.7. The molecular weight excluding hydrogens is 416 g/mol. The smallest absolute Gasteiger partial charge is 0.256 e. The van der Waals surface area contributed by atoms with Gasteiger partial charge in [0, 0.05) is 46.9 Å². The molecule has 0 amide bonds. The average molecular weight is 449 g/mol. The third kappa shape index (κ3) is 2.55. The van der Waals surface area contributed by atoms with Crippen molar-refractivity contribution in [1.29, 1.82) is 0 Å². The molecule has 0 spiro atoms. The van der Waals surface area contributed by atoms with Crippen LogP contribution in [-0.4, -0.2) is 71.4 Å². The zero-order chi connectivity index (χ0) is 23.9. The third-order valence-corrected chi connectivity index (χ3v) is 7.39. The van der Waals surface area contributed by atoms with E-state index in [9.17, 15) is 9.59 Å². The summed E-state index contributed by atoms with van der Waals surface area (Å²) in [6.07, 6.45) is 7.53. The first-order chi connectivity index (χ1) is 15.3. The summed E-state index contributed by atoms with van der Waals surface area (Å²) in [6, 6.07) is 0. The molecule has 8 nitrogen and oxygen atoms in total. The number of ketones is 2. The van der Waals surface area contributed by atoms with Gasteiger partial charge in [-0.15, -0.1) is 13.2 Å². The molecule has 0 aromatic rings. The highest BCUT2D eigenvalue weighted by Crippen LogP contribution is 2.69. The number of rotatable bonds is 10. The molecule has 0 N–H and O–H groups in total. The first-order valence-corrected chi connectivity index (χ1v) is 10.3. The average Bonchev–Trinajstić information content (AvgIpc) is 2.81. The fourth-order valence-electron chi connectivity index (χ4n) is 6.20. The Morgan fingerprint density at radius 3 is 1.91 bits per heavy atom. The van der Waals surface area contributed by atoms with E-state index >= 15 is 0 Å². The number of ether oxygens (including phenoxy) is 6. The van der Waals surface area contributed by atoms with Gasteiger partial charge in [0.05, 0.1) is 13.0 Å². The van der Waals surface area contributed by atoms with Crippen LogP contribution < -0.4 is 0 Å². The summed E-state index contributed by atoms with van der Waals surface area (Å²) in [5, 5.41) is 0. The van der Waals surface area contributed by atoms with E-state index in [4.69, 9.17) is 28.4 Å². The van der Waals surface area contributed by atoms with E-state index in [1.807, 2.05) is 0 Å². The minimum Gasteiger partial charge on any atom is -0.493 e. The lowest BCUT2D eigenvalue weighted by molar-refractivity contribution is -0.330. The number of fused-ring (bicyclic) bond motifs is 1. The van der Waals surface area contributed by atoms with Crippen molar-refractivity contribution in [3.05, 3.63) is 48.8 Å². The molecule has 8 heteroatoms. The normalized spacial score (nSPS) is 34.4. The molecule has 32 heavy (non-hydrogen) atoms. The summed E-state index contributed by atoms with van der Waals surface area (Å²) in [6.45, 7) is 7.77. The van der Waals surface area contributed by atoms with Crippen molar-refractivity contribution in [2.75, 3.05) is 42.7 Å². The van der Waals surface area contributed by atoms with Crippen LogP contribution in [0.3, 0.4) is 0 Å². The minimum absolute atomic E-state index is 0.0164. The molecule has 0 saturated heterocycles. The maximum atomic E-state index is 14.2. The second-order valence-corrected chi connectivity index (χ2v) is 8.16. The first-order valence-electron chi connectivity index (χ1n) is 10.3. The van der Waals surface area contributed by atoms with Crippen molar-refractivity contribution in [1.82, 2.24) is 0 Å². The molecule has 176 valence electrons. The Hall–Kier alpha value is -2.10. The van der Waals surface area contributed by atoms with Crippen LogP contribution in [0.4, 0.5) is 0 Å². The number of hydrogen-bond donors (Lipinski definition) is 0. The lowest BCUT2D eigenvalue weighted by atomic mass is 9.41. The summed E-state index contributed by atoms with van der Waals surface area (Å²) >= 11 is 0. The molecule has 4 aliphatic rings. The van der Waals surface area contributed by atoms with Crippen molar-refractivity contribution >= 4 is 11.6 Å². The van der Waals surface area contributed by atoms with Crippen LogP contribution in [0.15, 0.2) is 48.8 Å². The highest BCUT2D eigenvalue weighted by Gasteiger charge is 2.82. The van der Waals surface area contributed by atoms with E-state index in [0.29, 0.717) is 6.42 Å². The van der Waals surface area contributed by atoms with Crippen LogP contribution >= 0.6 is 0 Å². The van der Waals surface area contributed by atoms with E-state index in [0.717, 1.165) is 5.57 Å². The SMILES string of the molecule is C=CCC1=C[C@]2(OC)C(=O)C(OC)(OC)[C@@H]1[C@H]1C(OC)(OC)C(=O)C(OC)=C[C@@]12CC=C. The topological polar surface area (TPSA) is 89.5 Å². The third-order valence-electron chi connectivity index (χ3n) is 7.39. The van der Waals surface area contributed by atoms with Crippen molar-refractivity contribution in [3.63, 3.8) is 0 Å². The van der Waals surface area contributed by atoms with Gasteiger partial charge in [-0.05, 0) is 25.0 Å². The van der Waals surface area contributed by atoms with E-state index < -0.39 is 46.0 Å². The Morgan fingerprint density at radius 1 is 0.875 bits per heavy atom. The Balaban J connectivity index is 2.57. The molecule has 4 aliphatic carbocycles. The second kappa shape index (κ2) is 8.35. The van der Waals surface area contributed by atoms with Crippen LogP contribution in [0.5, 0.6) is 0 Å². The van der Waals surface area contributed by atoms with Crippen molar-refractivity contribution in [2.24, 2.45) is 17.3 Å². The van der Waals surface area contributed by atoms with Gasteiger partial charge in [-0.3, -0.25) is 9.59 Å². The lowest BCUT2D eigenvalue weighted by Crippen LogP contribution is -2.81. The number of hydrogen-bond acceptors (Lipinski definition) is 8. The van der Waals surface area contributed by atoms with Gasteiger partial charge in [-0.1, -0.05) is 17.7 Å². The van der Waals surface area contributed by atoms with Gasteiger partial charge in [-0.2, -0.15) is 0 Å². The van der Waals surface area contributed by atoms with Crippen LogP contribution in [0.2, 0.25) is 0 Å². The van der Waals surface area contributed by atoms with Crippen LogP contribution in [-0.2, 0) is 38.0 Å². The molecular formula is C24H32O8. The van der Waals surface area contributed by atoms with E-state index in [1.165, 1.54) is 42.7 Å². The van der Waals surface area contributed by atoms with Crippen molar-refractivity contribution in [3.8, 4) is 0 Å². The molecule has 0 aliphatic heterocycles. The summed E-state index contributed by atoms with van der Waals surface area (Å²) in [4.78, 5) is 27.8. The van der Waals surface area contributed by atoms with Crippen molar-refractivity contribution < 1.29 is 38.0 Å². The number of methoxy groups -OCH3 is 6. The number of carbonyl (C=O) groups excluding carboxylic acids is 2. The number of carbonyl (C=O) groups is 2. The summed E-state index contributed by atoms with van der Waals surface area (Å²) in [7, 11) is 8.41. The quantitative estimate of drug-likeness (QED) is 0.372. The molecule has 0 radical (unpaired) electrons. The van der Waals surface area contributed by atoms with Crippen LogP contribution in [0.1, 0.15) is 12.8 Å². The number of allylic oxidation sites excluding steroid dienone is 2. The Kier molecular flexibility index (Phi) is 6.40. The van der Waals surface area contributed by atoms with Crippen molar-refractivity contribution in [2.45, 2.75) is 30.0 Å². The summed E-state index contributed by atoms with van der Waals surface area (Å²) in [5.41, 5.74) is -1.95. The van der Waals surface area contributed by atoms with Gasteiger partial charge in [0.25, 0.3) is 5.78 Å². The first kappa shape index (κ1) is 24.5.